The average molecular weight is 143 g/mol. The van der Waals surface area contributed by atoms with Crippen molar-refractivity contribution in [1.29, 1.82) is 0 Å². The molecule has 0 rings (SSSR count). The van der Waals surface area contributed by atoms with Gasteiger partial charge in [-0.2, -0.15) is 0 Å². The second-order valence-electron chi connectivity index (χ2n) is 0.253. The first-order valence-corrected chi connectivity index (χ1v) is 3.65. The minimum atomic E-state index is -4.29. The van der Waals surface area contributed by atoms with Gasteiger partial charge < -0.3 is 0 Å². The third-order valence-electron chi connectivity index (χ3n) is 0. The van der Waals surface area contributed by atoms with Crippen LogP contribution < -0.4 is 0 Å². The van der Waals surface area contributed by atoms with Gasteiger partial charge in [0.25, 0.3) is 0 Å². The topological polar surface area (TPSA) is 37.3 Å². The summed E-state index contributed by atoms with van der Waals surface area (Å²) in [6.45, 7) is 0. The summed E-state index contributed by atoms with van der Waals surface area (Å²) in [7, 11) is 0. The SMILES string of the molecule is [O]=[Zr]([OH])[F]. The van der Waals surface area contributed by atoms with Crippen LogP contribution in [0.2, 0.25) is 0 Å². The second kappa shape index (κ2) is 1.85. The van der Waals surface area contributed by atoms with Crippen LogP contribution in [0.1, 0.15) is 0 Å². The zero-order valence-corrected chi connectivity index (χ0v) is 4.19. The van der Waals surface area contributed by atoms with Crippen LogP contribution in [0.15, 0.2) is 0 Å². The molecular weight excluding hydrogens is 142 g/mol. The Balaban J connectivity index is 2.80. The maximum atomic E-state index is 10.2. The first kappa shape index (κ1) is 4.57. The predicted octanol–water partition coefficient (Wildman–Crippen LogP) is -0.258. The quantitative estimate of drug-likeness (QED) is 0.507. The number of halogens is 1. The van der Waals surface area contributed by atoms with Crippen LogP contribution in [0.4, 0.5) is 2.63 Å². The molecule has 0 heterocycles. The van der Waals surface area contributed by atoms with Gasteiger partial charge in [0.05, 0.1) is 0 Å². The van der Waals surface area contributed by atoms with E-state index in [0.29, 0.717) is 0 Å². The van der Waals surface area contributed by atoms with Gasteiger partial charge in [0.2, 0.25) is 0 Å². The first-order chi connectivity index (χ1) is 1.73. The predicted molar refractivity (Wildman–Crippen MR) is 4.01 cm³/mol. The van der Waals surface area contributed by atoms with Crippen LogP contribution in [0, 0.1) is 0 Å². The first-order valence-electron chi connectivity index (χ1n) is 0.617. The van der Waals surface area contributed by atoms with E-state index in [-0.39, 0.29) is 0 Å². The number of rotatable bonds is 0. The van der Waals surface area contributed by atoms with E-state index in [1.54, 1.807) is 0 Å². The summed E-state index contributed by atoms with van der Waals surface area (Å²) < 4.78 is 25.8. The van der Waals surface area contributed by atoms with Crippen LogP contribution in [0.25, 0.3) is 0 Å². The van der Waals surface area contributed by atoms with Gasteiger partial charge in [0.15, 0.2) is 0 Å². The Morgan fingerprint density at radius 3 is 2.00 bits per heavy atom. The third-order valence-corrected chi connectivity index (χ3v) is 0. The minimum absolute atomic E-state index is 4.29. The molecule has 24 valence electrons. The molecule has 2 nitrogen and oxygen atoms in total. The Bertz CT molecular complexity index is 29.0. The van der Waals surface area contributed by atoms with E-state index in [2.05, 4.69) is 0 Å². The Hall–Kier alpha value is 0.573. The fraction of sp³-hybridized carbons (Fsp3) is 0. The van der Waals surface area contributed by atoms with Gasteiger partial charge in [-0.3, -0.25) is 0 Å². The fourth-order valence-corrected chi connectivity index (χ4v) is 0. The van der Waals surface area contributed by atoms with E-state index in [9.17, 15) is 2.63 Å². The molecule has 0 aliphatic carbocycles. The van der Waals surface area contributed by atoms with Gasteiger partial charge in [-0.05, 0) is 0 Å². The fourth-order valence-electron chi connectivity index (χ4n) is 0. The Labute approximate surface area is 31.9 Å². The standard InChI is InChI=1S/FH.H2O.O.Zr/h1H;1H2;;/q;;;+2/p-2. The molecule has 4 heavy (non-hydrogen) atoms. The van der Waals surface area contributed by atoms with Gasteiger partial charge in [-0.25, -0.2) is 0 Å². The summed E-state index contributed by atoms with van der Waals surface area (Å²) in [4.78, 5) is 0. The summed E-state index contributed by atoms with van der Waals surface area (Å²) in [5.41, 5.74) is 0. The van der Waals surface area contributed by atoms with Gasteiger partial charge in [-0.15, -0.1) is 0 Å². The molecule has 0 aromatic rings. The van der Waals surface area contributed by atoms with E-state index >= 15 is 0 Å². The number of hydrogen-bond acceptors (Lipinski definition) is 1. The van der Waals surface area contributed by atoms with E-state index < -0.39 is 22.8 Å². The van der Waals surface area contributed by atoms with Crippen molar-refractivity contribution in [1.82, 2.24) is 0 Å². The van der Waals surface area contributed by atoms with E-state index in [4.69, 9.17) is 6.00 Å². The zero-order valence-electron chi connectivity index (χ0n) is 1.73. The van der Waals surface area contributed by atoms with Crippen molar-refractivity contribution < 1.29 is 31.4 Å². The molecule has 0 bridgehead atoms. The van der Waals surface area contributed by atoms with Crippen molar-refractivity contribution in [2.45, 2.75) is 0 Å². The summed E-state index contributed by atoms with van der Waals surface area (Å²) in [5.74, 6) is 0. The maximum absolute atomic E-state index is 10.2. The monoisotopic (exact) mass is 142 g/mol. The van der Waals surface area contributed by atoms with Gasteiger partial charge in [0, 0.05) is 0 Å². The molecule has 0 spiro atoms. The van der Waals surface area contributed by atoms with Crippen LogP contribution in [0.5, 0.6) is 0 Å². The molecule has 0 aromatic carbocycles. The van der Waals surface area contributed by atoms with Gasteiger partial charge in [0.1, 0.15) is 0 Å². The van der Waals surface area contributed by atoms with Gasteiger partial charge >= 0.3 is 31.4 Å². The van der Waals surface area contributed by atoms with Crippen molar-refractivity contribution in [3.63, 3.8) is 0 Å². The molecule has 0 fully saturated rings. The van der Waals surface area contributed by atoms with Crippen LogP contribution in [0.3, 0.4) is 0 Å². The van der Waals surface area contributed by atoms with Crippen LogP contribution >= 0.6 is 0 Å². The van der Waals surface area contributed by atoms with Crippen molar-refractivity contribution in [2.75, 3.05) is 0 Å². The molecule has 1 N–H and O–H groups in total. The van der Waals surface area contributed by atoms with E-state index in [1.165, 1.54) is 0 Å². The molecule has 0 radical (unpaired) electrons. The molecule has 0 amide bonds. The molecular formula is HFO2Zr. The summed E-state index contributed by atoms with van der Waals surface area (Å²) in [5, 5.41) is 0. The Morgan fingerprint density at radius 1 is 2.00 bits per heavy atom. The van der Waals surface area contributed by atoms with Crippen molar-refractivity contribution in [3.05, 3.63) is 0 Å². The molecule has 0 saturated heterocycles. The third kappa shape index (κ3) is 19.4. The van der Waals surface area contributed by atoms with Crippen molar-refractivity contribution >= 4 is 0 Å². The molecule has 4 heteroatoms. The van der Waals surface area contributed by atoms with Crippen LogP contribution in [-0.4, -0.2) is 3.18 Å². The van der Waals surface area contributed by atoms with Gasteiger partial charge in [-0.1, -0.05) is 0 Å². The molecule has 0 saturated carbocycles. The van der Waals surface area contributed by atoms with E-state index in [0.717, 1.165) is 0 Å². The van der Waals surface area contributed by atoms with E-state index in [1.807, 2.05) is 0 Å². The normalized spacial score (nSPS) is 6.50. The molecule has 0 aromatic heterocycles. The van der Waals surface area contributed by atoms with Crippen molar-refractivity contribution in [3.8, 4) is 0 Å². The molecule has 0 unspecified atom stereocenters. The summed E-state index contributed by atoms with van der Waals surface area (Å²) in [6, 6.07) is 0. The van der Waals surface area contributed by atoms with Crippen molar-refractivity contribution in [2.24, 2.45) is 0 Å². The summed E-state index contributed by atoms with van der Waals surface area (Å²) in [6.07, 6.45) is 0. The number of hydrogen-bond donors (Lipinski definition) is 1. The second-order valence-corrected chi connectivity index (χ2v) is 1.50. The molecule has 0 aliphatic rings. The molecule has 0 aliphatic heterocycles. The van der Waals surface area contributed by atoms with Crippen LogP contribution in [-0.2, 0) is 25.6 Å². The molecule has 0 atom stereocenters. The average Bonchev–Trinajstić information content (AvgIpc) is 0.811. The Kier molecular flexibility index (Phi) is 2.12. The zero-order chi connectivity index (χ0) is 3.58. The Morgan fingerprint density at radius 2 is 2.00 bits per heavy atom. The summed E-state index contributed by atoms with van der Waals surface area (Å²) >= 11 is -4.29.